The maximum Gasteiger partial charge on any atom is 0.253 e. The van der Waals surface area contributed by atoms with Gasteiger partial charge in [0.05, 0.1) is 11.6 Å². The molecule has 8 heteroatoms. The molecule has 0 fully saturated rings. The highest BCUT2D eigenvalue weighted by molar-refractivity contribution is 7.16. The number of anilines is 1. The smallest absolute Gasteiger partial charge is 0.253 e. The van der Waals surface area contributed by atoms with Crippen molar-refractivity contribution in [1.29, 1.82) is 0 Å². The number of nitrogens with zero attached hydrogens (tertiary/aromatic N) is 3. The van der Waals surface area contributed by atoms with E-state index < -0.39 is 5.92 Å². The van der Waals surface area contributed by atoms with E-state index in [0.29, 0.717) is 17.2 Å². The van der Waals surface area contributed by atoms with E-state index >= 15 is 0 Å². The van der Waals surface area contributed by atoms with Crippen LogP contribution in [0.3, 0.4) is 0 Å². The second-order valence-electron chi connectivity index (χ2n) is 7.34. The predicted molar refractivity (Wildman–Crippen MR) is 117 cm³/mol. The molecule has 2 amide bonds. The van der Waals surface area contributed by atoms with Crippen LogP contribution in [0.2, 0.25) is 0 Å². The molecule has 0 spiro atoms. The Kier molecular flexibility index (Phi) is 4.36. The van der Waals surface area contributed by atoms with Crippen molar-refractivity contribution in [1.82, 2.24) is 19.9 Å². The summed E-state index contributed by atoms with van der Waals surface area (Å²) in [5.74, 6) is -0.661. The number of amides is 2. The zero-order valence-corrected chi connectivity index (χ0v) is 17.3. The van der Waals surface area contributed by atoms with Gasteiger partial charge in [-0.25, -0.2) is 9.97 Å². The zero-order chi connectivity index (χ0) is 20.8. The highest BCUT2D eigenvalue weighted by Crippen LogP contribution is 2.35. The number of nitrogens with one attached hydrogen (secondary N) is 2. The third-order valence-corrected chi connectivity index (χ3v) is 6.31. The first-order chi connectivity index (χ1) is 14.5. The van der Waals surface area contributed by atoms with Crippen LogP contribution >= 0.6 is 11.3 Å². The third kappa shape index (κ3) is 2.96. The molecule has 30 heavy (non-hydrogen) atoms. The van der Waals surface area contributed by atoms with Gasteiger partial charge in [0, 0.05) is 47.4 Å². The Morgan fingerprint density at radius 1 is 1.23 bits per heavy atom. The monoisotopic (exact) mass is 417 g/mol. The largest absolute Gasteiger partial charge is 0.345 e. The van der Waals surface area contributed by atoms with Crippen LogP contribution < -0.4 is 5.32 Å². The topological polar surface area (TPSA) is 91.0 Å². The number of carbonyl (C=O) groups excluding carboxylic acids is 2. The second kappa shape index (κ2) is 7.07. The molecule has 1 aliphatic rings. The van der Waals surface area contributed by atoms with Crippen LogP contribution in [-0.2, 0) is 4.79 Å². The lowest BCUT2D eigenvalue weighted by Gasteiger charge is -2.30. The maximum absolute atomic E-state index is 13.1. The van der Waals surface area contributed by atoms with Gasteiger partial charge in [-0.3, -0.25) is 9.59 Å². The number of hydrogen-bond acceptors (Lipinski definition) is 5. The van der Waals surface area contributed by atoms with Gasteiger partial charge in [0.1, 0.15) is 5.65 Å². The maximum atomic E-state index is 13.1. The van der Waals surface area contributed by atoms with Gasteiger partial charge in [-0.2, -0.15) is 0 Å². The van der Waals surface area contributed by atoms with Crippen molar-refractivity contribution >= 4 is 39.3 Å². The molecule has 1 atom stereocenters. The van der Waals surface area contributed by atoms with Crippen LogP contribution in [0.4, 0.5) is 5.13 Å². The average molecular weight is 417 g/mol. The van der Waals surface area contributed by atoms with E-state index in [1.54, 1.807) is 24.2 Å². The molecule has 0 saturated carbocycles. The van der Waals surface area contributed by atoms with Crippen molar-refractivity contribution in [2.45, 2.75) is 12.8 Å². The summed E-state index contributed by atoms with van der Waals surface area (Å²) in [5, 5.41) is 4.50. The third-order valence-electron chi connectivity index (χ3n) is 5.42. The van der Waals surface area contributed by atoms with E-state index in [4.69, 9.17) is 0 Å². The lowest BCUT2D eigenvalue weighted by molar-refractivity contribution is -0.117. The molecule has 0 aliphatic carbocycles. The fraction of sp³-hybridized carbons (Fsp3) is 0.182. The van der Waals surface area contributed by atoms with E-state index in [2.05, 4.69) is 20.3 Å². The lowest BCUT2D eigenvalue weighted by atomic mass is 9.89. The first-order valence-electron chi connectivity index (χ1n) is 9.58. The number of carbonyl (C=O) groups is 2. The summed E-state index contributed by atoms with van der Waals surface area (Å²) in [5.41, 5.74) is 3.92. The summed E-state index contributed by atoms with van der Waals surface area (Å²) >= 11 is 1.44. The van der Waals surface area contributed by atoms with Crippen LogP contribution in [0.1, 0.15) is 26.7 Å². The van der Waals surface area contributed by atoms with Crippen molar-refractivity contribution in [3.05, 3.63) is 64.8 Å². The number of hydrogen-bond donors (Lipinski definition) is 2. The van der Waals surface area contributed by atoms with Crippen molar-refractivity contribution in [3.63, 3.8) is 0 Å². The highest BCUT2D eigenvalue weighted by Gasteiger charge is 2.33. The minimum Gasteiger partial charge on any atom is -0.345 e. The normalized spacial score (nSPS) is 16.0. The number of fused-ring (bicyclic) bond motifs is 2. The molecule has 4 heterocycles. The summed E-state index contributed by atoms with van der Waals surface area (Å²) < 4.78 is 0. The molecule has 1 aromatic carbocycles. The van der Waals surface area contributed by atoms with E-state index in [0.717, 1.165) is 32.7 Å². The quantitative estimate of drug-likeness (QED) is 0.530. The molecule has 1 aliphatic heterocycles. The fourth-order valence-corrected chi connectivity index (χ4v) is 4.76. The summed E-state index contributed by atoms with van der Waals surface area (Å²) in [6.07, 6.45) is 3.63. The van der Waals surface area contributed by atoms with Crippen LogP contribution in [0.25, 0.3) is 22.3 Å². The van der Waals surface area contributed by atoms with Gasteiger partial charge in [-0.05, 0) is 30.7 Å². The molecule has 2 N–H and O–H groups in total. The summed E-state index contributed by atoms with van der Waals surface area (Å²) in [7, 11) is 1.72. The van der Waals surface area contributed by atoms with Gasteiger partial charge in [0.25, 0.3) is 5.91 Å². The second-order valence-corrected chi connectivity index (χ2v) is 8.54. The molecule has 0 radical (unpaired) electrons. The fourth-order valence-electron chi connectivity index (χ4n) is 3.92. The number of rotatable bonds is 3. The number of aromatic amines is 1. The molecular weight excluding hydrogens is 398 g/mol. The predicted octanol–water partition coefficient (Wildman–Crippen LogP) is 3.80. The van der Waals surface area contributed by atoms with Gasteiger partial charge in [-0.15, -0.1) is 11.3 Å². The van der Waals surface area contributed by atoms with Crippen LogP contribution in [-0.4, -0.2) is 45.3 Å². The Morgan fingerprint density at radius 2 is 2.07 bits per heavy atom. The summed E-state index contributed by atoms with van der Waals surface area (Å²) in [4.78, 5) is 40.3. The van der Waals surface area contributed by atoms with Crippen molar-refractivity contribution in [3.8, 4) is 11.3 Å². The van der Waals surface area contributed by atoms with Gasteiger partial charge in [0.15, 0.2) is 5.13 Å². The zero-order valence-electron chi connectivity index (χ0n) is 16.5. The van der Waals surface area contributed by atoms with Crippen LogP contribution in [0, 0.1) is 6.92 Å². The van der Waals surface area contributed by atoms with Crippen molar-refractivity contribution < 1.29 is 9.59 Å². The van der Waals surface area contributed by atoms with Gasteiger partial charge < -0.3 is 15.2 Å². The van der Waals surface area contributed by atoms with Gasteiger partial charge in [-0.1, -0.05) is 18.2 Å². The first-order valence-corrected chi connectivity index (χ1v) is 10.4. The Hall–Kier alpha value is -3.52. The van der Waals surface area contributed by atoms with Crippen molar-refractivity contribution in [2.24, 2.45) is 0 Å². The Bertz CT molecular complexity index is 1290. The van der Waals surface area contributed by atoms with E-state index in [1.165, 1.54) is 11.3 Å². The average Bonchev–Trinajstić information content (AvgIpc) is 3.33. The van der Waals surface area contributed by atoms with Gasteiger partial charge in [0.2, 0.25) is 5.91 Å². The van der Waals surface area contributed by atoms with E-state index in [1.807, 2.05) is 43.5 Å². The Balaban J connectivity index is 1.45. The molecular formula is C22H19N5O2S. The number of likely N-dealkylation sites (N-methyl/N-ethyl adjacent to an activating group) is 1. The van der Waals surface area contributed by atoms with Gasteiger partial charge >= 0.3 is 0 Å². The lowest BCUT2D eigenvalue weighted by Crippen LogP contribution is -2.41. The van der Waals surface area contributed by atoms with Crippen molar-refractivity contribution in [2.75, 3.05) is 18.9 Å². The molecule has 5 rings (SSSR count). The minimum absolute atomic E-state index is 0.0602. The molecule has 7 nitrogen and oxygen atoms in total. The van der Waals surface area contributed by atoms with E-state index in [-0.39, 0.29) is 11.8 Å². The summed E-state index contributed by atoms with van der Waals surface area (Å²) in [6.45, 7) is 2.33. The number of benzene rings is 1. The Labute approximate surface area is 176 Å². The first kappa shape index (κ1) is 18.5. The van der Waals surface area contributed by atoms with E-state index in [9.17, 15) is 9.59 Å². The van der Waals surface area contributed by atoms with Crippen LogP contribution in [0.15, 0.2) is 48.8 Å². The minimum atomic E-state index is -0.436. The highest BCUT2D eigenvalue weighted by atomic mass is 32.1. The standard InChI is InChI=1S/C22H19N5O2S/c1-12-18(16-10-24-19-14(16)8-5-9-23-19)25-22(30-12)26-20(28)17-11-27(2)21(29)15-7-4-3-6-13(15)17/h3-10,17H,11H2,1-2H3,(H,23,24)(H,25,26,28). The molecule has 0 bridgehead atoms. The Morgan fingerprint density at radius 3 is 2.93 bits per heavy atom. The SMILES string of the molecule is Cc1sc(NC(=O)C2CN(C)C(=O)c3ccccc32)nc1-c1c[nH]c2ncccc12. The molecule has 4 aromatic rings. The molecule has 3 aromatic heterocycles. The molecule has 1 unspecified atom stereocenters. The number of aromatic nitrogens is 3. The number of pyridine rings is 1. The molecule has 150 valence electrons. The number of thiazole rings is 1. The summed E-state index contributed by atoms with van der Waals surface area (Å²) in [6, 6.07) is 11.2. The molecule has 0 saturated heterocycles. The van der Waals surface area contributed by atoms with Crippen LogP contribution in [0.5, 0.6) is 0 Å². The number of H-pyrrole nitrogens is 1. The number of aryl methyl sites for hydroxylation is 1.